The average Bonchev–Trinajstić information content (AvgIpc) is 2.09. The Labute approximate surface area is 83.1 Å². The highest BCUT2D eigenvalue weighted by Gasteiger charge is 1.93. The first-order valence-corrected chi connectivity index (χ1v) is 5.55. The molecule has 2 heteroatoms. The van der Waals surface area contributed by atoms with Crippen molar-refractivity contribution in [1.82, 2.24) is 5.32 Å². The minimum absolute atomic E-state index is 0.807. The summed E-state index contributed by atoms with van der Waals surface area (Å²) in [6.07, 6.45) is 3.68. The van der Waals surface area contributed by atoms with Gasteiger partial charge in [-0.3, -0.25) is 0 Å². The molecule has 0 atom stereocenters. The summed E-state index contributed by atoms with van der Waals surface area (Å²) in [6.45, 7) is 10.6. The molecule has 0 rings (SSSR count). The lowest BCUT2D eigenvalue weighted by molar-refractivity contribution is 0.129. The molecule has 0 aliphatic carbocycles. The van der Waals surface area contributed by atoms with Crippen LogP contribution < -0.4 is 5.32 Å². The molecule has 0 aromatic rings. The predicted molar refractivity (Wildman–Crippen MR) is 58.1 cm³/mol. The molecular weight excluding hydrogens is 162 g/mol. The molecule has 0 spiro atoms. The van der Waals surface area contributed by atoms with Gasteiger partial charge in [0.25, 0.3) is 0 Å². The van der Waals surface area contributed by atoms with Crippen LogP contribution in [0.5, 0.6) is 0 Å². The second-order valence-electron chi connectivity index (χ2n) is 3.90. The zero-order chi connectivity index (χ0) is 9.94. The van der Waals surface area contributed by atoms with E-state index in [4.69, 9.17) is 4.74 Å². The zero-order valence-electron chi connectivity index (χ0n) is 9.44. The lowest BCUT2D eigenvalue weighted by atomic mass is 10.1. The van der Waals surface area contributed by atoms with E-state index in [-0.39, 0.29) is 0 Å². The van der Waals surface area contributed by atoms with Gasteiger partial charge in [-0.15, -0.1) is 0 Å². The summed E-state index contributed by atoms with van der Waals surface area (Å²) in [5.74, 6) is 0.807. The van der Waals surface area contributed by atoms with E-state index in [0.717, 1.165) is 32.2 Å². The fourth-order valence-corrected chi connectivity index (χ4v) is 1.14. The molecule has 0 aliphatic heterocycles. The van der Waals surface area contributed by atoms with E-state index >= 15 is 0 Å². The molecule has 0 aromatic carbocycles. The molecule has 0 aliphatic rings. The van der Waals surface area contributed by atoms with Gasteiger partial charge in [0.05, 0.1) is 6.61 Å². The second kappa shape index (κ2) is 10.0. The molecule has 80 valence electrons. The summed E-state index contributed by atoms with van der Waals surface area (Å²) in [6, 6.07) is 0. The quantitative estimate of drug-likeness (QED) is 0.560. The Balaban J connectivity index is 2.84. The number of ether oxygens (including phenoxy) is 1. The van der Waals surface area contributed by atoms with Crippen molar-refractivity contribution in [3.8, 4) is 0 Å². The highest BCUT2D eigenvalue weighted by Crippen LogP contribution is 2.02. The Morgan fingerprint density at radius 3 is 2.54 bits per heavy atom. The summed E-state index contributed by atoms with van der Waals surface area (Å²) >= 11 is 0. The van der Waals surface area contributed by atoms with Crippen molar-refractivity contribution in [3.05, 3.63) is 0 Å². The van der Waals surface area contributed by atoms with Crippen LogP contribution in [0.2, 0.25) is 0 Å². The van der Waals surface area contributed by atoms with Crippen molar-refractivity contribution in [1.29, 1.82) is 0 Å². The predicted octanol–water partition coefficient (Wildman–Crippen LogP) is 2.44. The van der Waals surface area contributed by atoms with Crippen molar-refractivity contribution >= 4 is 0 Å². The van der Waals surface area contributed by atoms with Crippen LogP contribution in [0.1, 0.15) is 40.0 Å². The number of nitrogens with one attached hydrogen (secondary N) is 1. The Kier molecular flexibility index (Phi) is 9.94. The van der Waals surface area contributed by atoms with Gasteiger partial charge in [0.15, 0.2) is 0 Å². The molecular formula is C11H25NO. The first-order chi connectivity index (χ1) is 6.27. The summed E-state index contributed by atoms with van der Waals surface area (Å²) in [5, 5.41) is 3.31. The molecule has 0 radical (unpaired) electrons. The van der Waals surface area contributed by atoms with Crippen LogP contribution in [-0.2, 0) is 4.74 Å². The largest absolute Gasteiger partial charge is 0.380 e. The third-order valence-corrected chi connectivity index (χ3v) is 1.92. The van der Waals surface area contributed by atoms with Gasteiger partial charge in [0.2, 0.25) is 0 Å². The molecule has 0 amide bonds. The molecule has 0 unspecified atom stereocenters. The van der Waals surface area contributed by atoms with Crippen LogP contribution in [-0.4, -0.2) is 26.3 Å². The first kappa shape index (κ1) is 12.9. The van der Waals surface area contributed by atoms with Crippen molar-refractivity contribution in [2.24, 2.45) is 5.92 Å². The third kappa shape index (κ3) is 11.9. The number of rotatable bonds is 9. The molecule has 1 N–H and O–H groups in total. The Morgan fingerprint density at radius 1 is 1.15 bits per heavy atom. The van der Waals surface area contributed by atoms with E-state index in [1.54, 1.807) is 0 Å². The summed E-state index contributed by atoms with van der Waals surface area (Å²) in [4.78, 5) is 0. The normalized spacial score (nSPS) is 11.1. The molecule has 0 saturated carbocycles. The van der Waals surface area contributed by atoms with E-state index < -0.39 is 0 Å². The van der Waals surface area contributed by atoms with E-state index in [1.165, 1.54) is 19.3 Å². The van der Waals surface area contributed by atoms with Crippen LogP contribution in [0.4, 0.5) is 0 Å². The fourth-order valence-electron chi connectivity index (χ4n) is 1.14. The molecule has 0 heterocycles. The highest BCUT2D eigenvalue weighted by molar-refractivity contribution is 4.46. The highest BCUT2D eigenvalue weighted by atomic mass is 16.5. The maximum Gasteiger partial charge on any atom is 0.0590 e. The summed E-state index contributed by atoms with van der Waals surface area (Å²) < 4.78 is 5.47. The van der Waals surface area contributed by atoms with E-state index in [2.05, 4.69) is 26.1 Å². The Bertz CT molecular complexity index is 94.1. The minimum Gasteiger partial charge on any atom is -0.380 e. The molecule has 0 aromatic heterocycles. The maximum absolute atomic E-state index is 5.47. The van der Waals surface area contributed by atoms with E-state index in [1.807, 2.05) is 0 Å². The maximum atomic E-state index is 5.47. The fraction of sp³-hybridized carbons (Fsp3) is 1.00. The van der Waals surface area contributed by atoms with E-state index in [0.29, 0.717) is 0 Å². The molecule has 0 bridgehead atoms. The third-order valence-electron chi connectivity index (χ3n) is 1.92. The summed E-state index contributed by atoms with van der Waals surface area (Å²) in [7, 11) is 0. The molecule has 13 heavy (non-hydrogen) atoms. The monoisotopic (exact) mass is 187 g/mol. The van der Waals surface area contributed by atoms with Crippen molar-refractivity contribution in [3.63, 3.8) is 0 Å². The van der Waals surface area contributed by atoms with Gasteiger partial charge in [0.1, 0.15) is 0 Å². The van der Waals surface area contributed by atoms with Gasteiger partial charge in [0, 0.05) is 13.2 Å². The van der Waals surface area contributed by atoms with Crippen LogP contribution in [0, 0.1) is 5.92 Å². The van der Waals surface area contributed by atoms with Gasteiger partial charge in [-0.25, -0.2) is 0 Å². The molecule has 0 fully saturated rings. The van der Waals surface area contributed by atoms with E-state index in [9.17, 15) is 0 Å². The Morgan fingerprint density at radius 2 is 1.92 bits per heavy atom. The SMILES string of the molecule is CCCNCCOCCCC(C)C. The Hall–Kier alpha value is -0.0800. The smallest absolute Gasteiger partial charge is 0.0590 e. The standard InChI is InChI=1S/C11H25NO/c1-4-7-12-8-10-13-9-5-6-11(2)3/h11-12H,4-10H2,1-3H3. The molecule has 2 nitrogen and oxygen atoms in total. The van der Waals surface area contributed by atoms with Gasteiger partial charge in [-0.1, -0.05) is 20.8 Å². The van der Waals surface area contributed by atoms with Crippen LogP contribution in [0.3, 0.4) is 0 Å². The van der Waals surface area contributed by atoms with Gasteiger partial charge >= 0.3 is 0 Å². The second-order valence-corrected chi connectivity index (χ2v) is 3.90. The van der Waals surface area contributed by atoms with Crippen LogP contribution >= 0.6 is 0 Å². The topological polar surface area (TPSA) is 21.3 Å². The number of hydrogen-bond donors (Lipinski definition) is 1. The molecule has 0 saturated heterocycles. The van der Waals surface area contributed by atoms with Crippen LogP contribution in [0.25, 0.3) is 0 Å². The van der Waals surface area contributed by atoms with Gasteiger partial charge < -0.3 is 10.1 Å². The van der Waals surface area contributed by atoms with Gasteiger partial charge in [-0.2, -0.15) is 0 Å². The lowest BCUT2D eigenvalue weighted by Gasteiger charge is -2.06. The lowest BCUT2D eigenvalue weighted by Crippen LogP contribution is -2.20. The number of hydrogen-bond acceptors (Lipinski definition) is 2. The van der Waals surface area contributed by atoms with Crippen molar-refractivity contribution in [2.75, 3.05) is 26.3 Å². The van der Waals surface area contributed by atoms with Crippen molar-refractivity contribution < 1.29 is 4.74 Å². The van der Waals surface area contributed by atoms with Gasteiger partial charge in [-0.05, 0) is 31.7 Å². The van der Waals surface area contributed by atoms with Crippen molar-refractivity contribution in [2.45, 2.75) is 40.0 Å². The first-order valence-electron chi connectivity index (χ1n) is 5.55. The zero-order valence-corrected chi connectivity index (χ0v) is 9.44. The van der Waals surface area contributed by atoms with Crippen LogP contribution in [0.15, 0.2) is 0 Å². The average molecular weight is 187 g/mol. The summed E-state index contributed by atoms with van der Waals surface area (Å²) in [5.41, 5.74) is 0. The minimum atomic E-state index is 0.807.